The molecular formula is C30H25N3. The fraction of sp³-hybridized carbons (Fsp3) is 0.167. The van der Waals surface area contributed by atoms with Crippen LogP contribution in [0.25, 0.3) is 44.6 Å². The fourth-order valence-electron chi connectivity index (χ4n) is 5.94. The summed E-state index contributed by atoms with van der Waals surface area (Å²) in [6.45, 7) is 4.71. The van der Waals surface area contributed by atoms with Crippen LogP contribution in [0.15, 0.2) is 91.3 Å². The highest BCUT2D eigenvalue weighted by molar-refractivity contribution is 6.01. The Bertz CT molecular complexity index is 1640. The monoisotopic (exact) mass is 427 g/mol. The van der Waals surface area contributed by atoms with Crippen LogP contribution >= 0.6 is 0 Å². The molecule has 33 heavy (non-hydrogen) atoms. The van der Waals surface area contributed by atoms with Gasteiger partial charge in [-0.15, -0.1) is 0 Å². The zero-order valence-electron chi connectivity index (χ0n) is 18.9. The number of fused-ring (bicyclic) bond motifs is 6. The Labute approximate surface area is 193 Å². The SMILES string of the molecule is CC1(C)c2ccccc2-c2c1c1ccccc1n2-c1cccc2c1ncn2C1=CCCC=C1. The first-order valence-electron chi connectivity index (χ1n) is 11.7. The van der Waals surface area contributed by atoms with E-state index >= 15 is 0 Å². The summed E-state index contributed by atoms with van der Waals surface area (Å²) in [4.78, 5) is 4.94. The van der Waals surface area contributed by atoms with Crippen molar-refractivity contribution in [3.05, 3.63) is 102 Å². The van der Waals surface area contributed by atoms with Crippen LogP contribution < -0.4 is 0 Å². The molecule has 0 spiro atoms. The summed E-state index contributed by atoms with van der Waals surface area (Å²) in [6.07, 6.45) is 10.9. The van der Waals surface area contributed by atoms with Crippen molar-refractivity contribution >= 4 is 27.6 Å². The van der Waals surface area contributed by atoms with Crippen LogP contribution in [0.4, 0.5) is 0 Å². The van der Waals surface area contributed by atoms with Gasteiger partial charge in [-0.3, -0.25) is 4.57 Å². The number of aromatic nitrogens is 3. The molecule has 2 aliphatic carbocycles. The molecule has 0 saturated carbocycles. The summed E-state index contributed by atoms with van der Waals surface area (Å²) < 4.78 is 4.67. The van der Waals surface area contributed by atoms with Gasteiger partial charge in [-0.25, -0.2) is 4.98 Å². The van der Waals surface area contributed by atoms with Gasteiger partial charge in [0.15, 0.2) is 0 Å². The Morgan fingerprint density at radius 2 is 1.67 bits per heavy atom. The second kappa shape index (κ2) is 6.58. The zero-order valence-corrected chi connectivity index (χ0v) is 18.9. The van der Waals surface area contributed by atoms with Crippen LogP contribution in [0, 0.1) is 0 Å². The van der Waals surface area contributed by atoms with Crippen LogP contribution in [0.5, 0.6) is 0 Å². The van der Waals surface area contributed by atoms with Gasteiger partial charge in [-0.05, 0) is 48.2 Å². The minimum absolute atomic E-state index is 0.0538. The fourth-order valence-corrected chi connectivity index (χ4v) is 5.94. The average Bonchev–Trinajstić information content (AvgIpc) is 3.50. The van der Waals surface area contributed by atoms with Gasteiger partial charge in [0.05, 0.1) is 22.4 Å². The summed E-state index contributed by atoms with van der Waals surface area (Å²) in [5.41, 5.74) is 11.1. The van der Waals surface area contributed by atoms with Crippen LogP contribution in [0.2, 0.25) is 0 Å². The quantitative estimate of drug-likeness (QED) is 0.286. The zero-order chi connectivity index (χ0) is 22.2. The van der Waals surface area contributed by atoms with Crippen molar-refractivity contribution < 1.29 is 0 Å². The van der Waals surface area contributed by atoms with Crippen LogP contribution in [0.1, 0.15) is 37.8 Å². The molecule has 5 aromatic rings. The molecule has 0 fully saturated rings. The number of hydrogen-bond acceptors (Lipinski definition) is 1. The first-order valence-corrected chi connectivity index (χ1v) is 11.7. The summed E-state index contributed by atoms with van der Waals surface area (Å²) in [5.74, 6) is 0. The summed E-state index contributed by atoms with van der Waals surface area (Å²) in [6, 6.07) is 24.2. The van der Waals surface area contributed by atoms with Crippen molar-refractivity contribution in [2.75, 3.05) is 0 Å². The molecule has 2 heterocycles. The molecule has 0 radical (unpaired) electrons. The van der Waals surface area contributed by atoms with E-state index in [-0.39, 0.29) is 5.41 Å². The van der Waals surface area contributed by atoms with Crippen molar-refractivity contribution in [3.63, 3.8) is 0 Å². The lowest BCUT2D eigenvalue weighted by Crippen LogP contribution is -2.14. The Morgan fingerprint density at radius 3 is 2.55 bits per heavy atom. The number of nitrogens with zero attached hydrogens (tertiary/aromatic N) is 3. The summed E-state index contributed by atoms with van der Waals surface area (Å²) in [5, 5.41) is 1.32. The van der Waals surface area contributed by atoms with Crippen LogP contribution in [0.3, 0.4) is 0 Å². The third-order valence-electron chi connectivity index (χ3n) is 7.40. The molecule has 0 amide bonds. The number of benzene rings is 3. The number of hydrogen-bond donors (Lipinski definition) is 0. The molecule has 3 aromatic carbocycles. The molecule has 7 rings (SSSR count). The van der Waals surface area contributed by atoms with Crippen molar-refractivity contribution in [1.82, 2.24) is 14.1 Å². The van der Waals surface area contributed by atoms with Crippen molar-refractivity contribution in [1.29, 1.82) is 0 Å². The van der Waals surface area contributed by atoms with Crippen molar-refractivity contribution in [2.45, 2.75) is 32.1 Å². The molecule has 2 aromatic heterocycles. The Balaban J connectivity index is 1.58. The van der Waals surface area contributed by atoms with Gasteiger partial charge in [0.25, 0.3) is 0 Å². The largest absolute Gasteiger partial charge is 0.307 e. The van der Waals surface area contributed by atoms with E-state index in [1.165, 1.54) is 39.0 Å². The maximum Gasteiger partial charge on any atom is 0.113 e. The lowest BCUT2D eigenvalue weighted by Gasteiger charge is -2.21. The lowest BCUT2D eigenvalue weighted by molar-refractivity contribution is 0.666. The van der Waals surface area contributed by atoms with E-state index in [4.69, 9.17) is 4.98 Å². The normalized spacial score (nSPS) is 16.2. The second-order valence-corrected chi connectivity index (χ2v) is 9.61. The first-order chi connectivity index (χ1) is 16.2. The van der Waals surface area contributed by atoms with E-state index in [1.54, 1.807) is 0 Å². The minimum atomic E-state index is -0.0538. The molecule has 3 nitrogen and oxygen atoms in total. The standard InChI is InChI=1S/C30H25N3/c1-30(2)23-15-8-6-13-21(23)29-27(30)22-14-7-9-16-24(22)33(29)26-18-10-17-25-28(26)31-19-32(25)20-11-4-3-5-12-20/h4,6-19H,3,5H2,1-2H3. The third kappa shape index (κ3) is 2.42. The second-order valence-electron chi connectivity index (χ2n) is 9.61. The molecule has 160 valence electrons. The lowest BCUT2D eigenvalue weighted by atomic mass is 9.81. The highest BCUT2D eigenvalue weighted by atomic mass is 15.1. The van der Waals surface area contributed by atoms with Gasteiger partial charge in [-0.1, -0.05) is 74.5 Å². The van der Waals surface area contributed by atoms with E-state index in [9.17, 15) is 0 Å². The van der Waals surface area contributed by atoms with Gasteiger partial charge >= 0.3 is 0 Å². The van der Waals surface area contributed by atoms with Gasteiger partial charge in [0.2, 0.25) is 0 Å². The highest BCUT2D eigenvalue weighted by Gasteiger charge is 2.40. The minimum Gasteiger partial charge on any atom is -0.307 e. The third-order valence-corrected chi connectivity index (χ3v) is 7.40. The number of imidazole rings is 1. The smallest absolute Gasteiger partial charge is 0.113 e. The molecule has 0 N–H and O–H groups in total. The molecule has 0 unspecified atom stereocenters. The predicted molar refractivity (Wildman–Crippen MR) is 137 cm³/mol. The Kier molecular flexibility index (Phi) is 3.73. The number of rotatable bonds is 2. The maximum atomic E-state index is 4.94. The molecule has 0 bridgehead atoms. The predicted octanol–water partition coefficient (Wildman–Crippen LogP) is 7.48. The van der Waals surface area contributed by atoms with Crippen LogP contribution in [-0.4, -0.2) is 14.1 Å². The van der Waals surface area contributed by atoms with Gasteiger partial charge in [0, 0.05) is 22.1 Å². The van der Waals surface area contributed by atoms with Crippen molar-refractivity contribution in [3.8, 4) is 16.9 Å². The van der Waals surface area contributed by atoms with E-state index < -0.39 is 0 Å². The summed E-state index contributed by atoms with van der Waals surface area (Å²) in [7, 11) is 0. The first kappa shape index (κ1) is 18.7. The molecule has 2 aliphatic rings. The average molecular weight is 428 g/mol. The van der Waals surface area contributed by atoms with E-state index in [1.807, 2.05) is 6.33 Å². The highest BCUT2D eigenvalue weighted by Crippen LogP contribution is 2.53. The Morgan fingerprint density at radius 1 is 0.848 bits per heavy atom. The molecular weight excluding hydrogens is 402 g/mol. The van der Waals surface area contributed by atoms with Gasteiger partial charge < -0.3 is 4.57 Å². The number of para-hydroxylation sites is 2. The molecule has 0 atom stereocenters. The molecule has 0 saturated heterocycles. The summed E-state index contributed by atoms with van der Waals surface area (Å²) >= 11 is 0. The van der Waals surface area contributed by atoms with E-state index in [0.717, 1.165) is 29.6 Å². The van der Waals surface area contributed by atoms with Gasteiger partial charge in [0.1, 0.15) is 11.8 Å². The van der Waals surface area contributed by atoms with E-state index in [0.29, 0.717) is 0 Å². The number of allylic oxidation sites excluding steroid dienone is 4. The topological polar surface area (TPSA) is 22.8 Å². The maximum absolute atomic E-state index is 4.94. The van der Waals surface area contributed by atoms with Crippen molar-refractivity contribution in [2.24, 2.45) is 0 Å². The van der Waals surface area contributed by atoms with E-state index in [2.05, 4.69) is 108 Å². The van der Waals surface area contributed by atoms with Crippen LogP contribution in [-0.2, 0) is 5.41 Å². The molecule has 0 aliphatic heterocycles. The Hall–Kier alpha value is -3.85. The molecule has 3 heteroatoms. The van der Waals surface area contributed by atoms with Gasteiger partial charge in [-0.2, -0.15) is 0 Å².